The van der Waals surface area contributed by atoms with E-state index in [1.807, 2.05) is 6.92 Å². The molecule has 0 bridgehead atoms. The van der Waals surface area contributed by atoms with Crippen LogP contribution in [0.15, 0.2) is 22.7 Å². The van der Waals surface area contributed by atoms with Crippen molar-refractivity contribution in [2.75, 3.05) is 25.5 Å². The molecule has 2 rings (SSSR count). The average molecular weight is 365 g/mol. The Hall–Kier alpha value is -0.750. The molecular weight excluding hydrogens is 345 g/mol. The molecule has 0 amide bonds. The minimum absolute atomic E-state index is 0.00928. The van der Waals surface area contributed by atoms with Crippen molar-refractivity contribution in [2.45, 2.75) is 32.0 Å². The Morgan fingerprint density at radius 2 is 2.10 bits per heavy atom. The third-order valence-electron chi connectivity index (χ3n) is 4.04. The molecule has 6 heteroatoms. The molecule has 0 saturated carbocycles. The van der Waals surface area contributed by atoms with Gasteiger partial charge in [0.2, 0.25) is 0 Å². The van der Waals surface area contributed by atoms with Crippen molar-refractivity contribution in [3.63, 3.8) is 0 Å². The van der Waals surface area contributed by atoms with Crippen molar-refractivity contribution in [1.29, 1.82) is 0 Å². The maximum Gasteiger partial charge on any atom is 0.418 e. The number of halogens is 4. The Bertz CT molecular complexity index is 490. The molecule has 0 aromatic heterocycles. The molecule has 0 spiro atoms. The van der Waals surface area contributed by atoms with Crippen LogP contribution in [0.3, 0.4) is 0 Å². The van der Waals surface area contributed by atoms with Crippen molar-refractivity contribution < 1.29 is 13.2 Å². The first kappa shape index (κ1) is 16.6. The third kappa shape index (κ3) is 4.36. The lowest BCUT2D eigenvalue weighted by atomic mass is 9.91. The number of hydrogen-bond donors (Lipinski definition) is 1. The lowest BCUT2D eigenvalue weighted by molar-refractivity contribution is -0.137. The highest BCUT2D eigenvalue weighted by atomic mass is 79.9. The number of rotatable bonds is 3. The fourth-order valence-corrected chi connectivity index (χ4v) is 3.22. The molecule has 2 unspecified atom stereocenters. The predicted octanol–water partition coefficient (Wildman–Crippen LogP) is 4.61. The summed E-state index contributed by atoms with van der Waals surface area (Å²) in [6.45, 7) is 3.95. The molecule has 1 fully saturated rings. The molecule has 118 valence electrons. The van der Waals surface area contributed by atoms with Crippen molar-refractivity contribution in [3.8, 4) is 0 Å². The zero-order valence-corrected chi connectivity index (χ0v) is 13.8. The SMILES string of the molecule is CC(Nc1ccc(Br)cc1C(F)(F)F)C1CCCN(C)C1. The highest BCUT2D eigenvalue weighted by Gasteiger charge is 2.34. The Morgan fingerprint density at radius 1 is 1.38 bits per heavy atom. The summed E-state index contributed by atoms with van der Waals surface area (Å²) in [4.78, 5) is 2.23. The Labute approximate surface area is 131 Å². The number of alkyl halides is 3. The first-order chi connectivity index (χ1) is 9.77. The molecule has 1 aliphatic heterocycles. The molecule has 1 heterocycles. The Morgan fingerprint density at radius 3 is 2.71 bits per heavy atom. The van der Waals surface area contributed by atoms with Gasteiger partial charge in [-0.2, -0.15) is 13.2 Å². The predicted molar refractivity (Wildman–Crippen MR) is 82.4 cm³/mol. The summed E-state index contributed by atoms with van der Waals surface area (Å²) in [5.41, 5.74) is -0.459. The van der Waals surface area contributed by atoms with Crippen LogP contribution in [0.4, 0.5) is 18.9 Å². The standard InChI is InChI=1S/C15H20BrF3N2/c1-10(11-4-3-7-21(2)9-11)20-14-6-5-12(16)8-13(14)15(17,18)19/h5-6,8,10-11,20H,3-4,7,9H2,1-2H3. The second-order valence-corrected chi connectivity index (χ2v) is 6.70. The lowest BCUT2D eigenvalue weighted by Crippen LogP contribution is -2.40. The molecule has 1 aliphatic rings. The van der Waals surface area contributed by atoms with Crippen LogP contribution in [0, 0.1) is 5.92 Å². The topological polar surface area (TPSA) is 15.3 Å². The van der Waals surface area contributed by atoms with Crippen LogP contribution in [0.2, 0.25) is 0 Å². The zero-order chi connectivity index (χ0) is 15.6. The monoisotopic (exact) mass is 364 g/mol. The molecule has 2 nitrogen and oxygen atoms in total. The first-order valence-corrected chi connectivity index (χ1v) is 7.88. The van der Waals surface area contributed by atoms with Crippen LogP contribution in [0.5, 0.6) is 0 Å². The number of piperidine rings is 1. The van der Waals surface area contributed by atoms with Crippen LogP contribution < -0.4 is 5.32 Å². The zero-order valence-electron chi connectivity index (χ0n) is 12.2. The van der Waals surface area contributed by atoms with Gasteiger partial charge in [-0.25, -0.2) is 0 Å². The number of nitrogens with one attached hydrogen (secondary N) is 1. The van der Waals surface area contributed by atoms with Gasteiger partial charge in [0.05, 0.1) is 5.56 Å². The van der Waals surface area contributed by atoms with E-state index in [2.05, 4.69) is 33.2 Å². The van der Waals surface area contributed by atoms with E-state index in [0.717, 1.165) is 32.0 Å². The second-order valence-electron chi connectivity index (χ2n) is 5.79. The van der Waals surface area contributed by atoms with Gasteiger partial charge in [-0.1, -0.05) is 15.9 Å². The summed E-state index contributed by atoms with van der Waals surface area (Å²) in [5, 5.41) is 3.07. The number of anilines is 1. The maximum absolute atomic E-state index is 13.1. The quantitative estimate of drug-likeness (QED) is 0.842. The molecule has 1 aromatic carbocycles. The summed E-state index contributed by atoms with van der Waals surface area (Å²) < 4.78 is 39.8. The van der Waals surface area contributed by atoms with Crippen molar-refractivity contribution in [2.24, 2.45) is 5.92 Å². The highest BCUT2D eigenvalue weighted by molar-refractivity contribution is 9.10. The van der Waals surface area contributed by atoms with Gasteiger partial charge in [0.1, 0.15) is 0 Å². The van der Waals surface area contributed by atoms with E-state index in [0.29, 0.717) is 10.4 Å². The van der Waals surface area contributed by atoms with Gasteiger partial charge in [-0.15, -0.1) is 0 Å². The van der Waals surface area contributed by atoms with Gasteiger partial charge in [0.15, 0.2) is 0 Å². The summed E-state index contributed by atoms with van der Waals surface area (Å²) in [6, 6.07) is 4.27. The van der Waals surface area contributed by atoms with Gasteiger partial charge in [-0.05, 0) is 57.5 Å². The molecule has 1 N–H and O–H groups in total. The molecular formula is C15H20BrF3N2. The van der Waals surface area contributed by atoms with Gasteiger partial charge >= 0.3 is 6.18 Å². The maximum atomic E-state index is 13.1. The number of benzene rings is 1. The third-order valence-corrected chi connectivity index (χ3v) is 4.53. The van der Waals surface area contributed by atoms with E-state index in [4.69, 9.17) is 0 Å². The van der Waals surface area contributed by atoms with Crippen LogP contribution in [-0.2, 0) is 6.18 Å². The van der Waals surface area contributed by atoms with E-state index >= 15 is 0 Å². The molecule has 21 heavy (non-hydrogen) atoms. The number of nitrogens with zero attached hydrogens (tertiary/aromatic N) is 1. The second kappa shape index (κ2) is 6.57. The average Bonchev–Trinajstić information content (AvgIpc) is 2.39. The summed E-state index contributed by atoms with van der Waals surface area (Å²) in [6.07, 6.45) is -2.20. The van der Waals surface area contributed by atoms with Crippen LogP contribution in [-0.4, -0.2) is 31.1 Å². The van der Waals surface area contributed by atoms with Crippen molar-refractivity contribution in [1.82, 2.24) is 4.90 Å². The van der Waals surface area contributed by atoms with E-state index < -0.39 is 11.7 Å². The fourth-order valence-electron chi connectivity index (χ4n) is 2.85. The van der Waals surface area contributed by atoms with Crippen LogP contribution in [0.25, 0.3) is 0 Å². The van der Waals surface area contributed by atoms with E-state index in [1.165, 1.54) is 6.07 Å². The largest absolute Gasteiger partial charge is 0.418 e. The van der Waals surface area contributed by atoms with Gasteiger partial charge in [0, 0.05) is 22.7 Å². The summed E-state index contributed by atoms with van der Waals surface area (Å²) in [7, 11) is 2.06. The van der Waals surface area contributed by atoms with Crippen LogP contribution >= 0.6 is 15.9 Å². The molecule has 0 aliphatic carbocycles. The Kier molecular flexibility index (Phi) is 5.20. The van der Waals surface area contributed by atoms with Crippen molar-refractivity contribution in [3.05, 3.63) is 28.2 Å². The lowest BCUT2D eigenvalue weighted by Gasteiger charge is -2.34. The Balaban J connectivity index is 2.15. The molecule has 2 atom stereocenters. The van der Waals surface area contributed by atoms with E-state index in [9.17, 15) is 13.2 Å². The van der Waals surface area contributed by atoms with Gasteiger partial charge < -0.3 is 10.2 Å². The fraction of sp³-hybridized carbons (Fsp3) is 0.600. The molecule has 1 saturated heterocycles. The van der Waals surface area contributed by atoms with E-state index in [-0.39, 0.29) is 11.7 Å². The first-order valence-electron chi connectivity index (χ1n) is 7.09. The number of hydrogen-bond acceptors (Lipinski definition) is 2. The van der Waals surface area contributed by atoms with Crippen LogP contribution in [0.1, 0.15) is 25.3 Å². The highest BCUT2D eigenvalue weighted by Crippen LogP contribution is 2.37. The minimum atomic E-state index is -4.35. The smallest absolute Gasteiger partial charge is 0.382 e. The molecule has 0 radical (unpaired) electrons. The van der Waals surface area contributed by atoms with Gasteiger partial charge in [0.25, 0.3) is 0 Å². The van der Waals surface area contributed by atoms with Crippen molar-refractivity contribution >= 4 is 21.6 Å². The molecule has 1 aromatic rings. The van der Waals surface area contributed by atoms with Gasteiger partial charge in [-0.3, -0.25) is 0 Å². The summed E-state index contributed by atoms with van der Waals surface area (Å²) in [5.74, 6) is 0.369. The number of likely N-dealkylation sites (tertiary alicyclic amines) is 1. The van der Waals surface area contributed by atoms with E-state index in [1.54, 1.807) is 6.07 Å². The normalized spacial score (nSPS) is 22.1. The minimum Gasteiger partial charge on any atom is -0.382 e. The summed E-state index contributed by atoms with van der Waals surface area (Å²) >= 11 is 3.11.